The molecule has 0 atom stereocenters. The van der Waals surface area contributed by atoms with Crippen molar-refractivity contribution < 1.29 is 13.2 Å². The van der Waals surface area contributed by atoms with Crippen molar-refractivity contribution in [3.05, 3.63) is 65.7 Å². The number of ether oxygens (including phenoxy) is 1. The number of benzene rings is 2. The van der Waals surface area contributed by atoms with Gasteiger partial charge < -0.3 is 4.74 Å². The highest BCUT2D eigenvalue weighted by molar-refractivity contribution is 7.91. The molecule has 0 aliphatic carbocycles. The summed E-state index contributed by atoms with van der Waals surface area (Å²) >= 11 is 1.35. The Balaban J connectivity index is 1.41. The minimum atomic E-state index is -3.45. The Morgan fingerprint density at radius 2 is 1.73 bits per heavy atom. The summed E-state index contributed by atoms with van der Waals surface area (Å²) in [6, 6.07) is 17.9. The maximum atomic E-state index is 13.1. The lowest BCUT2D eigenvalue weighted by Gasteiger charge is -2.38. The Bertz CT molecular complexity index is 1050. The van der Waals surface area contributed by atoms with E-state index in [1.807, 2.05) is 36.4 Å². The summed E-state index contributed by atoms with van der Waals surface area (Å²) in [5, 5.41) is 0.984. The van der Waals surface area contributed by atoms with Crippen molar-refractivity contribution >= 4 is 31.4 Å². The van der Waals surface area contributed by atoms with Gasteiger partial charge in [0.2, 0.25) is 0 Å². The van der Waals surface area contributed by atoms with Crippen LogP contribution in [0.3, 0.4) is 0 Å². The molecule has 4 nitrogen and oxygen atoms in total. The van der Waals surface area contributed by atoms with Gasteiger partial charge in [0.25, 0.3) is 10.0 Å². The van der Waals surface area contributed by atoms with Crippen LogP contribution < -0.4 is 0 Å². The van der Waals surface area contributed by atoms with Gasteiger partial charge in [-0.1, -0.05) is 42.5 Å². The van der Waals surface area contributed by atoms with E-state index in [0.717, 1.165) is 10.1 Å². The highest BCUT2D eigenvalue weighted by atomic mass is 32.2. The number of hydrogen-bond donors (Lipinski definition) is 0. The quantitative estimate of drug-likeness (QED) is 0.667. The first-order valence-corrected chi connectivity index (χ1v) is 11.1. The molecule has 0 amide bonds. The zero-order chi connectivity index (χ0) is 17.8. The summed E-state index contributed by atoms with van der Waals surface area (Å²) < 4.78 is 35.4. The average molecular weight is 386 g/mol. The van der Waals surface area contributed by atoms with Gasteiger partial charge in [-0.25, -0.2) is 8.42 Å². The molecule has 0 N–H and O–H groups in total. The van der Waals surface area contributed by atoms with Crippen molar-refractivity contribution in [2.24, 2.45) is 0 Å². The van der Waals surface area contributed by atoms with E-state index in [9.17, 15) is 8.42 Å². The van der Waals surface area contributed by atoms with Crippen LogP contribution >= 0.6 is 11.3 Å². The molecular weight excluding hydrogens is 366 g/mol. The van der Waals surface area contributed by atoms with Gasteiger partial charge in [-0.3, -0.25) is 0 Å². The summed E-state index contributed by atoms with van der Waals surface area (Å²) in [7, 11) is -3.45. The summed E-state index contributed by atoms with van der Waals surface area (Å²) in [5.74, 6) is 0. The van der Waals surface area contributed by atoms with Crippen molar-refractivity contribution in [1.82, 2.24) is 4.31 Å². The smallest absolute Gasteiger partial charge is 0.252 e. The normalized spacial score (nSPS) is 19.8. The second-order valence-electron chi connectivity index (χ2n) is 6.95. The zero-order valence-corrected chi connectivity index (χ0v) is 15.9. The van der Waals surface area contributed by atoms with Gasteiger partial charge in [-0.05, 0) is 41.5 Å². The minimum Gasteiger partial charge on any atom is -0.365 e. The average Bonchev–Trinajstić information content (AvgIpc) is 3.26. The largest absolute Gasteiger partial charge is 0.365 e. The second-order valence-corrected chi connectivity index (χ2v) is 10.2. The highest BCUT2D eigenvalue weighted by Crippen LogP contribution is 2.45. The van der Waals surface area contributed by atoms with Crippen LogP contribution in [-0.2, 0) is 27.0 Å². The molecule has 6 heteroatoms. The molecule has 26 heavy (non-hydrogen) atoms. The maximum Gasteiger partial charge on any atom is 0.252 e. The van der Waals surface area contributed by atoms with E-state index in [2.05, 4.69) is 12.1 Å². The van der Waals surface area contributed by atoms with E-state index in [0.29, 0.717) is 36.7 Å². The monoisotopic (exact) mass is 385 g/mol. The molecule has 1 fully saturated rings. The molecule has 2 aliphatic rings. The minimum absolute atomic E-state index is 0.317. The molecule has 0 unspecified atom stereocenters. The van der Waals surface area contributed by atoms with Crippen molar-refractivity contribution in [2.75, 3.05) is 13.1 Å². The molecule has 0 radical (unpaired) electrons. The topological polar surface area (TPSA) is 46.6 Å². The number of sulfonamides is 1. The maximum absolute atomic E-state index is 13.1. The third-order valence-corrected chi connectivity index (χ3v) is 9.00. The highest BCUT2D eigenvalue weighted by Gasteiger charge is 2.44. The van der Waals surface area contributed by atoms with Gasteiger partial charge in [0, 0.05) is 17.8 Å². The van der Waals surface area contributed by atoms with Crippen LogP contribution in [0.1, 0.15) is 24.0 Å². The lowest BCUT2D eigenvalue weighted by Crippen LogP contribution is -2.44. The number of thiophene rings is 1. The molecular formula is C20H19NO3S2. The molecule has 2 aromatic carbocycles. The summed E-state index contributed by atoms with van der Waals surface area (Å²) in [5.41, 5.74) is 2.15. The van der Waals surface area contributed by atoms with Crippen LogP contribution in [0, 0.1) is 0 Å². The molecule has 1 aromatic heterocycles. The predicted molar refractivity (Wildman–Crippen MR) is 103 cm³/mol. The molecule has 5 rings (SSSR count). The third kappa shape index (κ3) is 2.44. The van der Waals surface area contributed by atoms with Crippen molar-refractivity contribution in [3.8, 4) is 0 Å². The van der Waals surface area contributed by atoms with Crippen LogP contribution in [0.25, 0.3) is 10.1 Å². The van der Waals surface area contributed by atoms with Gasteiger partial charge in [0.1, 0.15) is 4.21 Å². The Morgan fingerprint density at radius 3 is 2.54 bits per heavy atom. The molecule has 1 saturated heterocycles. The van der Waals surface area contributed by atoms with Crippen molar-refractivity contribution in [2.45, 2.75) is 29.3 Å². The van der Waals surface area contributed by atoms with Gasteiger partial charge in [-0.2, -0.15) is 4.31 Å². The SMILES string of the molecule is O=S(=O)(c1cc2ccccc2s1)N1CCC2(CC1)OCc1ccccc12. The number of rotatable bonds is 2. The number of nitrogens with zero attached hydrogens (tertiary/aromatic N) is 1. The first-order chi connectivity index (χ1) is 12.6. The zero-order valence-electron chi connectivity index (χ0n) is 14.2. The van der Waals surface area contributed by atoms with Crippen LogP contribution in [0.15, 0.2) is 58.8 Å². The van der Waals surface area contributed by atoms with Gasteiger partial charge in [-0.15, -0.1) is 11.3 Å². The first kappa shape index (κ1) is 16.4. The fourth-order valence-electron chi connectivity index (χ4n) is 4.10. The molecule has 2 aliphatic heterocycles. The van der Waals surface area contributed by atoms with E-state index < -0.39 is 10.0 Å². The number of piperidine rings is 1. The van der Waals surface area contributed by atoms with Gasteiger partial charge in [0.15, 0.2) is 0 Å². The second kappa shape index (κ2) is 5.89. The van der Waals surface area contributed by atoms with E-state index >= 15 is 0 Å². The first-order valence-electron chi connectivity index (χ1n) is 8.80. The van der Waals surface area contributed by atoms with Gasteiger partial charge >= 0.3 is 0 Å². The molecule has 3 heterocycles. The molecule has 0 bridgehead atoms. The van der Waals surface area contributed by atoms with E-state index in [1.54, 1.807) is 10.4 Å². The van der Waals surface area contributed by atoms with Crippen LogP contribution in [0.5, 0.6) is 0 Å². The standard InChI is InChI=1S/C20H19NO3S2/c22-26(23,19-13-15-5-2-4-8-18(15)25-19)21-11-9-20(10-12-21)17-7-3-1-6-16(17)14-24-20/h1-8,13H,9-12,14H2. The number of hydrogen-bond acceptors (Lipinski definition) is 4. The Hall–Kier alpha value is -1.73. The summed E-state index contributed by atoms with van der Waals surface area (Å²) in [4.78, 5) is 0. The molecule has 134 valence electrons. The lowest BCUT2D eigenvalue weighted by atomic mass is 9.84. The Labute approximate surface area is 157 Å². The summed E-state index contributed by atoms with van der Waals surface area (Å²) in [6.07, 6.45) is 1.41. The predicted octanol–water partition coefficient (Wildman–Crippen LogP) is 4.11. The van der Waals surface area contributed by atoms with Crippen molar-refractivity contribution in [1.29, 1.82) is 0 Å². The fourth-order valence-corrected chi connectivity index (χ4v) is 7.09. The van der Waals surface area contributed by atoms with Crippen LogP contribution in [-0.4, -0.2) is 25.8 Å². The van der Waals surface area contributed by atoms with E-state index in [-0.39, 0.29) is 5.60 Å². The van der Waals surface area contributed by atoms with Crippen LogP contribution in [0.2, 0.25) is 0 Å². The fraction of sp³-hybridized carbons (Fsp3) is 0.300. The van der Waals surface area contributed by atoms with E-state index in [4.69, 9.17) is 4.74 Å². The van der Waals surface area contributed by atoms with Crippen LogP contribution in [0.4, 0.5) is 0 Å². The molecule has 0 saturated carbocycles. The Morgan fingerprint density at radius 1 is 1.00 bits per heavy atom. The van der Waals surface area contributed by atoms with Crippen molar-refractivity contribution in [3.63, 3.8) is 0 Å². The molecule has 3 aromatic rings. The third-order valence-electron chi connectivity index (χ3n) is 5.54. The Kier molecular flexibility index (Phi) is 3.72. The summed E-state index contributed by atoms with van der Waals surface area (Å²) in [6.45, 7) is 1.61. The molecule has 1 spiro atoms. The number of fused-ring (bicyclic) bond motifs is 3. The van der Waals surface area contributed by atoms with Gasteiger partial charge in [0.05, 0.1) is 12.2 Å². The lowest BCUT2D eigenvalue weighted by molar-refractivity contribution is -0.0688. The van der Waals surface area contributed by atoms with E-state index in [1.165, 1.54) is 22.5 Å².